The van der Waals surface area contributed by atoms with E-state index in [0.29, 0.717) is 5.39 Å². The van der Waals surface area contributed by atoms with Crippen molar-refractivity contribution in [3.63, 3.8) is 0 Å². The molecule has 5 nitrogen and oxygen atoms in total. The fourth-order valence-corrected chi connectivity index (χ4v) is 4.71. The number of thiophene rings is 1. The average molecular weight is 464 g/mol. The van der Waals surface area contributed by atoms with Gasteiger partial charge in [-0.2, -0.15) is 0 Å². The molecule has 0 aliphatic rings. The summed E-state index contributed by atoms with van der Waals surface area (Å²) in [6.07, 6.45) is 0.922. The first-order valence-electron chi connectivity index (χ1n) is 9.47. The number of halogens is 2. The van der Waals surface area contributed by atoms with Crippen molar-refractivity contribution >= 4 is 62.2 Å². The van der Waals surface area contributed by atoms with Gasteiger partial charge in [-0.05, 0) is 43.3 Å². The Hall–Kier alpha value is -2.25. The van der Waals surface area contributed by atoms with Gasteiger partial charge in [0.2, 0.25) is 0 Å². The molecule has 0 aliphatic carbocycles. The van der Waals surface area contributed by atoms with Crippen LogP contribution in [0.5, 0.6) is 5.75 Å². The van der Waals surface area contributed by atoms with E-state index in [1.54, 1.807) is 24.5 Å². The normalized spacial score (nSPS) is 10.9. The van der Waals surface area contributed by atoms with E-state index < -0.39 is 0 Å². The third-order valence-corrected chi connectivity index (χ3v) is 6.48. The summed E-state index contributed by atoms with van der Waals surface area (Å²) < 4.78 is 6.44. The lowest BCUT2D eigenvalue weighted by Crippen LogP contribution is -2.18. The molecule has 0 radical (unpaired) electrons. The zero-order valence-corrected chi connectivity index (χ0v) is 18.8. The Balaban J connectivity index is 0.00000256. The van der Waals surface area contributed by atoms with Crippen LogP contribution in [0.25, 0.3) is 21.0 Å². The van der Waals surface area contributed by atoms with Gasteiger partial charge in [0.25, 0.3) is 0 Å². The van der Waals surface area contributed by atoms with E-state index >= 15 is 0 Å². The lowest BCUT2D eigenvalue weighted by Gasteiger charge is -2.08. The van der Waals surface area contributed by atoms with E-state index in [9.17, 15) is 4.79 Å². The van der Waals surface area contributed by atoms with Gasteiger partial charge in [0.15, 0.2) is 5.43 Å². The molecule has 4 aromatic rings. The molecule has 0 bridgehead atoms. The standard InChI is InChI=1S/C22H22ClN3O2S.ClH/c1-28-14-7-8-19-16(11-14)22(23)20(29-19)13-24-9-4-10-25-21-12-18(27)15-5-2-3-6-17(15)26-21;/h2-3,5-8,11-12,24H,4,9-10,13H2,1H3,(H2,25,26,27);1H. The lowest BCUT2D eigenvalue weighted by molar-refractivity contribution is 0.415. The number of hydrogen-bond donors (Lipinski definition) is 3. The molecule has 0 atom stereocenters. The topological polar surface area (TPSA) is 66.2 Å². The summed E-state index contributed by atoms with van der Waals surface area (Å²) in [5, 5.41) is 9.27. The van der Waals surface area contributed by atoms with Crippen LogP contribution < -0.4 is 20.8 Å². The number of nitrogens with one attached hydrogen (secondary N) is 3. The van der Waals surface area contributed by atoms with E-state index in [4.69, 9.17) is 16.3 Å². The number of aromatic nitrogens is 1. The number of ether oxygens (including phenoxy) is 1. The number of methoxy groups -OCH3 is 1. The Morgan fingerprint density at radius 1 is 1.10 bits per heavy atom. The second kappa shape index (κ2) is 10.2. The smallest absolute Gasteiger partial charge is 0.191 e. The van der Waals surface area contributed by atoms with Crippen LogP contribution in [0.1, 0.15) is 11.3 Å². The first-order chi connectivity index (χ1) is 14.2. The summed E-state index contributed by atoms with van der Waals surface area (Å²) in [7, 11) is 1.66. The first-order valence-corrected chi connectivity index (χ1v) is 10.7. The number of aromatic amines is 1. The summed E-state index contributed by atoms with van der Waals surface area (Å²) >= 11 is 8.24. The lowest BCUT2D eigenvalue weighted by atomic mass is 10.2. The van der Waals surface area contributed by atoms with E-state index in [1.807, 2.05) is 42.5 Å². The van der Waals surface area contributed by atoms with Gasteiger partial charge < -0.3 is 20.4 Å². The summed E-state index contributed by atoms with van der Waals surface area (Å²) in [6.45, 7) is 2.34. The van der Waals surface area contributed by atoms with E-state index in [2.05, 4.69) is 15.6 Å². The minimum absolute atomic E-state index is 0. The van der Waals surface area contributed by atoms with Crippen LogP contribution in [0.4, 0.5) is 5.82 Å². The van der Waals surface area contributed by atoms with Gasteiger partial charge in [-0.15, -0.1) is 23.7 Å². The molecule has 0 saturated carbocycles. The Labute approximate surface area is 189 Å². The van der Waals surface area contributed by atoms with E-state index in [0.717, 1.165) is 63.1 Å². The zero-order chi connectivity index (χ0) is 20.2. The van der Waals surface area contributed by atoms with Gasteiger partial charge in [0, 0.05) is 39.5 Å². The van der Waals surface area contributed by atoms with Crippen LogP contribution in [0.3, 0.4) is 0 Å². The predicted molar refractivity (Wildman–Crippen MR) is 130 cm³/mol. The van der Waals surface area contributed by atoms with Crippen molar-refractivity contribution in [1.29, 1.82) is 0 Å². The van der Waals surface area contributed by atoms with Gasteiger partial charge in [-0.1, -0.05) is 23.7 Å². The molecule has 3 N–H and O–H groups in total. The maximum absolute atomic E-state index is 12.1. The third kappa shape index (κ3) is 4.90. The van der Waals surface area contributed by atoms with Crippen molar-refractivity contribution in [2.75, 3.05) is 25.5 Å². The van der Waals surface area contributed by atoms with Gasteiger partial charge in [0.1, 0.15) is 11.6 Å². The fourth-order valence-electron chi connectivity index (χ4n) is 3.27. The Morgan fingerprint density at radius 2 is 1.93 bits per heavy atom. The van der Waals surface area contributed by atoms with Crippen LogP contribution in [0.15, 0.2) is 53.3 Å². The first kappa shape index (κ1) is 22.4. The van der Waals surface area contributed by atoms with Gasteiger partial charge in [0.05, 0.1) is 17.6 Å². The van der Waals surface area contributed by atoms with Crippen molar-refractivity contribution in [3.05, 3.63) is 68.7 Å². The van der Waals surface area contributed by atoms with Gasteiger partial charge >= 0.3 is 0 Å². The molecule has 4 rings (SSSR count). The number of anilines is 1. The number of fused-ring (bicyclic) bond motifs is 2. The molecular formula is C22H23Cl2N3O2S. The van der Waals surface area contributed by atoms with Crippen molar-refractivity contribution in [3.8, 4) is 5.75 Å². The van der Waals surface area contributed by atoms with Crippen LogP contribution in [-0.2, 0) is 6.54 Å². The summed E-state index contributed by atoms with van der Waals surface area (Å²) in [6, 6.07) is 15.1. The second-order valence-electron chi connectivity index (χ2n) is 6.75. The number of pyridine rings is 1. The van der Waals surface area contributed by atoms with Crippen LogP contribution >= 0.6 is 35.3 Å². The largest absolute Gasteiger partial charge is 0.497 e. The SMILES string of the molecule is COc1ccc2sc(CNCCCNc3cc(=O)c4ccccc4[nH]3)c(Cl)c2c1.Cl. The second-order valence-corrected chi connectivity index (χ2v) is 8.27. The highest BCUT2D eigenvalue weighted by molar-refractivity contribution is 7.19. The number of benzene rings is 2. The molecule has 0 fully saturated rings. The molecule has 0 aliphatic heterocycles. The third-order valence-electron chi connectivity index (χ3n) is 4.77. The molecule has 30 heavy (non-hydrogen) atoms. The van der Waals surface area contributed by atoms with E-state index in [-0.39, 0.29) is 17.8 Å². The van der Waals surface area contributed by atoms with Crippen molar-refractivity contribution in [2.24, 2.45) is 0 Å². The monoisotopic (exact) mass is 463 g/mol. The zero-order valence-electron chi connectivity index (χ0n) is 16.5. The van der Waals surface area contributed by atoms with Crippen molar-refractivity contribution < 1.29 is 4.74 Å². The molecule has 0 amide bonds. The predicted octanol–water partition coefficient (Wildman–Crippen LogP) is 5.42. The molecule has 2 aromatic heterocycles. The molecule has 8 heteroatoms. The van der Waals surface area contributed by atoms with Gasteiger partial charge in [-0.3, -0.25) is 4.79 Å². The summed E-state index contributed by atoms with van der Waals surface area (Å²) in [4.78, 5) is 16.5. The molecule has 0 unspecified atom stereocenters. The molecule has 158 valence electrons. The minimum atomic E-state index is 0. The van der Waals surface area contributed by atoms with Gasteiger partial charge in [-0.25, -0.2) is 0 Å². The average Bonchev–Trinajstić information content (AvgIpc) is 3.05. The Kier molecular flexibility index (Phi) is 7.61. The highest BCUT2D eigenvalue weighted by Gasteiger charge is 2.10. The van der Waals surface area contributed by atoms with E-state index in [1.165, 1.54) is 0 Å². The summed E-state index contributed by atoms with van der Waals surface area (Å²) in [5.74, 6) is 1.56. The van der Waals surface area contributed by atoms with Crippen molar-refractivity contribution in [2.45, 2.75) is 13.0 Å². The number of hydrogen-bond acceptors (Lipinski definition) is 5. The minimum Gasteiger partial charge on any atom is -0.497 e. The van der Waals surface area contributed by atoms with Crippen LogP contribution in [0.2, 0.25) is 5.02 Å². The maximum atomic E-state index is 12.1. The highest BCUT2D eigenvalue weighted by atomic mass is 35.5. The fraction of sp³-hybridized carbons (Fsp3) is 0.227. The Bertz CT molecular complexity index is 1210. The van der Waals surface area contributed by atoms with Crippen molar-refractivity contribution in [1.82, 2.24) is 10.3 Å². The Morgan fingerprint density at radius 3 is 2.77 bits per heavy atom. The molecule has 2 heterocycles. The molecular weight excluding hydrogens is 441 g/mol. The van der Waals surface area contributed by atoms with Crippen LogP contribution in [0, 0.1) is 0 Å². The molecule has 2 aromatic carbocycles. The van der Waals surface area contributed by atoms with Crippen LogP contribution in [-0.4, -0.2) is 25.2 Å². The maximum Gasteiger partial charge on any atom is 0.191 e. The number of para-hydroxylation sites is 1. The highest BCUT2D eigenvalue weighted by Crippen LogP contribution is 2.37. The molecule has 0 spiro atoms. The summed E-state index contributed by atoms with van der Waals surface area (Å²) in [5.41, 5.74) is 0.868. The number of H-pyrrole nitrogens is 1. The molecule has 0 saturated heterocycles. The number of rotatable bonds is 8. The quantitative estimate of drug-likeness (QED) is 0.305.